The van der Waals surface area contributed by atoms with E-state index in [2.05, 4.69) is 9.97 Å². The van der Waals surface area contributed by atoms with Crippen LogP contribution >= 0.6 is 11.6 Å². The van der Waals surface area contributed by atoms with E-state index in [1.807, 2.05) is 32.0 Å². The van der Waals surface area contributed by atoms with Gasteiger partial charge in [-0.15, -0.1) is 0 Å². The molecular formula is C16H13ClN2O. The number of halogens is 1. The summed E-state index contributed by atoms with van der Waals surface area (Å²) in [4.78, 5) is 19.9. The third kappa shape index (κ3) is 1.91. The molecule has 20 heavy (non-hydrogen) atoms. The van der Waals surface area contributed by atoms with Crippen LogP contribution in [0.5, 0.6) is 0 Å². The topological polar surface area (TPSA) is 45.8 Å². The summed E-state index contributed by atoms with van der Waals surface area (Å²) in [5.41, 5.74) is 3.98. The smallest absolute Gasteiger partial charge is 0.195 e. The molecule has 0 radical (unpaired) electrons. The normalized spacial score (nSPS) is 10.9. The van der Waals surface area contributed by atoms with Gasteiger partial charge in [-0.25, -0.2) is 4.98 Å². The molecule has 0 atom stereocenters. The Balaban J connectivity index is 2.21. The van der Waals surface area contributed by atoms with E-state index in [1.54, 1.807) is 18.5 Å². The van der Waals surface area contributed by atoms with Gasteiger partial charge in [-0.2, -0.15) is 0 Å². The van der Waals surface area contributed by atoms with Crippen LogP contribution < -0.4 is 0 Å². The molecule has 0 aliphatic rings. The highest BCUT2D eigenvalue weighted by Crippen LogP contribution is 2.27. The van der Waals surface area contributed by atoms with E-state index in [1.165, 1.54) is 0 Å². The van der Waals surface area contributed by atoms with Gasteiger partial charge >= 0.3 is 0 Å². The zero-order chi connectivity index (χ0) is 14.3. The van der Waals surface area contributed by atoms with Gasteiger partial charge in [0.1, 0.15) is 5.65 Å². The number of hydrogen-bond donors (Lipinski definition) is 1. The summed E-state index contributed by atoms with van der Waals surface area (Å²) in [6.45, 7) is 3.95. The van der Waals surface area contributed by atoms with Gasteiger partial charge in [0.2, 0.25) is 0 Å². The van der Waals surface area contributed by atoms with Crippen molar-refractivity contribution in [3.63, 3.8) is 0 Å². The molecule has 1 N–H and O–H groups in total. The summed E-state index contributed by atoms with van der Waals surface area (Å²) in [5, 5.41) is 1.21. The molecule has 0 aliphatic heterocycles. The maximum Gasteiger partial charge on any atom is 0.195 e. The SMILES string of the molecule is Cc1cccc(C(=O)c2c[nH]c3nccc(Cl)c23)c1C. The molecule has 0 aliphatic carbocycles. The Morgan fingerprint density at radius 2 is 2.00 bits per heavy atom. The van der Waals surface area contributed by atoms with Crippen molar-refractivity contribution >= 4 is 28.4 Å². The number of carbonyl (C=O) groups excluding carboxylic acids is 1. The summed E-state index contributed by atoms with van der Waals surface area (Å²) in [6.07, 6.45) is 3.29. The fourth-order valence-electron chi connectivity index (χ4n) is 2.34. The zero-order valence-electron chi connectivity index (χ0n) is 11.2. The number of hydrogen-bond acceptors (Lipinski definition) is 2. The van der Waals surface area contributed by atoms with Gasteiger partial charge in [-0.3, -0.25) is 4.79 Å². The van der Waals surface area contributed by atoms with Crippen molar-refractivity contribution in [2.75, 3.05) is 0 Å². The molecule has 100 valence electrons. The molecule has 0 amide bonds. The number of aromatic amines is 1. The van der Waals surface area contributed by atoms with Gasteiger partial charge in [0.25, 0.3) is 0 Å². The third-order valence-corrected chi connectivity index (χ3v) is 3.93. The predicted octanol–water partition coefficient (Wildman–Crippen LogP) is 4.06. The number of aryl methyl sites for hydroxylation is 1. The number of pyridine rings is 1. The number of nitrogens with one attached hydrogen (secondary N) is 1. The molecule has 4 heteroatoms. The zero-order valence-corrected chi connectivity index (χ0v) is 12.0. The van der Waals surface area contributed by atoms with Crippen LogP contribution in [0.4, 0.5) is 0 Å². The highest BCUT2D eigenvalue weighted by molar-refractivity contribution is 6.37. The Morgan fingerprint density at radius 3 is 2.80 bits per heavy atom. The fourth-order valence-corrected chi connectivity index (χ4v) is 2.59. The van der Waals surface area contributed by atoms with Crippen LogP contribution in [0.1, 0.15) is 27.0 Å². The van der Waals surface area contributed by atoms with Crippen LogP contribution in [-0.2, 0) is 0 Å². The molecule has 2 aromatic heterocycles. The van der Waals surface area contributed by atoms with E-state index in [0.29, 0.717) is 27.2 Å². The fraction of sp³-hybridized carbons (Fsp3) is 0.125. The first-order valence-corrected chi connectivity index (χ1v) is 6.70. The van der Waals surface area contributed by atoms with E-state index in [0.717, 1.165) is 11.1 Å². The molecule has 0 saturated carbocycles. The van der Waals surface area contributed by atoms with Crippen molar-refractivity contribution in [1.82, 2.24) is 9.97 Å². The number of H-pyrrole nitrogens is 1. The monoisotopic (exact) mass is 284 g/mol. The maximum atomic E-state index is 12.7. The third-order valence-electron chi connectivity index (χ3n) is 3.62. The highest BCUT2D eigenvalue weighted by atomic mass is 35.5. The van der Waals surface area contributed by atoms with E-state index in [-0.39, 0.29) is 5.78 Å². The quantitative estimate of drug-likeness (QED) is 0.721. The number of rotatable bonds is 2. The van der Waals surface area contributed by atoms with Crippen LogP contribution in [0.25, 0.3) is 11.0 Å². The number of fused-ring (bicyclic) bond motifs is 1. The second kappa shape index (κ2) is 4.76. The highest BCUT2D eigenvalue weighted by Gasteiger charge is 2.18. The van der Waals surface area contributed by atoms with E-state index in [9.17, 15) is 4.79 Å². The summed E-state index contributed by atoms with van der Waals surface area (Å²) in [5.74, 6) is -0.0349. The van der Waals surface area contributed by atoms with Crippen molar-refractivity contribution < 1.29 is 4.79 Å². The van der Waals surface area contributed by atoms with E-state index < -0.39 is 0 Å². The summed E-state index contributed by atoms with van der Waals surface area (Å²) in [6, 6.07) is 7.42. The second-order valence-electron chi connectivity index (χ2n) is 4.80. The van der Waals surface area contributed by atoms with Gasteiger partial charge < -0.3 is 4.98 Å². The van der Waals surface area contributed by atoms with Crippen molar-refractivity contribution in [3.8, 4) is 0 Å². The average molecular weight is 285 g/mol. The molecule has 0 unspecified atom stereocenters. The lowest BCUT2D eigenvalue weighted by Gasteiger charge is -2.07. The first-order valence-electron chi connectivity index (χ1n) is 6.32. The lowest BCUT2D eigenvalue weighted by molar-refractivity contribution is 0.103. The van der Waals surface area contributed by atoms with Crippen molar-refractivity contribution in [3.05, 3.63) is 63.9 Å². The molecule has 2 heterocycles. The van der Waals surface area contributed by atoms with E-state index in [4.69, 9.17) is 11.6 Å². The molecule has 0 bridgehead atoms. The molecule has 3 rings (SSSR count). The van der Waals surface area contributed by atoms with Gasteiger partial charge in [0.15, 0.2) is 5.78 Å². The number of carbonyl (C=O) groups is 1. The van der Waals surface area contributed by atoms with Gasteiger partial charge in [0.05, 0.1) is 10.6 Å². The first kappa shape index (κ1) is 12.9. The van der Waals surface area contributed by atoms with Crippen LogP contribution in [0.2, 0.25) is 5.02 Å². The number of ketones is 1. The van der Waals surface area contributed by atoms with Crippen LogP contribution in [-0.4, -0.2) is 15.8 Å². The molecule has 0 saturated heterocycles. The Hall–Kier alpha value is -2.13. The maximum absolute atomic E-state index is 12.7. The molecule has 3 aromatic rings. The Labute approximate surface area is 121 Å². The summed E-state index contributed by atoms with van der Waals surface area (Å²) < 4.78 is 0. The average Bonchev–Trinajstić information content (AvgIpc) is 2.86. The molecule has 0 spiro atoms. The Bertz CT molecular complexity index is 820. The minimum Gasteiger partial charge on any atom is -0.345 e. The largest absolute Gasteiger partial charge is 0.345 e. The number of benzene rings is 1. The lowest BCUT2D eigenvalue weighted by Crippen LogP contribution is -2.04. The van der Waals surface area contributed by atoms with E-state index >= 15 is 0 Å². The standard InChI is InChI=1S/C16H13ClN2O/c1-9-4-3-5-11(10(9)2)15(20)12-8-19-16-14(12)13(17)6-7-18-16/h3-8H,1-2H3,(H,18,19). The second-order valence-corrected chi connectivity index (χ2v) is 5.20. The minimum absolute atomic E-state index is 0.0349. The van der Waals surface area contributed by atoms with Crippen molar-refractivity contribution in [1.29, 1.82) is 0 Å². The molecular weight excluding hydrogens is 272 g/mol. The number of aromatic nitrogens is 2. The Kier molecular flexibility index (Phi) is 3.07. The minimum atomic E-state index is -0.0349. The van der Waals surface area contributed by atoms with Crippen molar-refractivity contribution in [2.24, 2.45) is 0 Å². The van der Waals surface area contributed by atoms with Crippen molar-refractivity contribution in [2.45, 2.75) is 13.8 Å². The van der Waals surface area contributed by atoms with Gasteiger partial charge in [-0.1, -0.05) is 29.8 Å². The molecule has 0 fully saturated rings. The number of nitrogens with zero attached hydrogens (tertiary/aromatic N) is 1. The lowest BCUT2D eigenvalue weighted by atomic mass is 9.96. The van der Waals surface area contributed by atoms with Crippen LogP contribution in [0, 0.1) is 13.8 Å². The van der Waals surface area contributed by atoms with Crippen LogP contribution in [0.15, 0.2) is 36.7 Å². The van der Waals surface area contributed by atoms with Gasteiger partial charge in [-0.05, 0) is 31.0 Å². The summed E-state index contributed by atoms with van der Waals surface area (Å²) >= 11 is 6.19. The molecule has 1 aromatic carbocycles. The first-order chi connectivity index (χ1) is 9.59. The van der Waals surface area contributed by atoms with Gasteiger partial charge in [0, 0.05) is 23.3 Å². The summed E-state index contributed by atoms with van der Waals surface area (Å²) in [7, 11) is 0. The molecule has 3 nitrogen and oxygen atoms in total. The Morgan fingerprint density at radius 1 is 1.20 bits per heavy atom. The predicted molar refractivity (Wildman–Crippen MR) is 80.5 cm³/mol. The van der Waals surface area contributed by atoms with Crippen LogP contribution in [0.3, 0.4) is 0 Å².